The van der Waals surface area contributed by atoms with Crippen molar-refractivity contribution >= 4 is 46.0 Å². The van der Waals surface area contributed by atoms with Crippen LogP contribution < -0.4 is 0 Å². The average Bonchev–Trinajstić information content (AvgIpc) is 3.33. The SMILES string of the molecule is O=C(/C=C/c1cccs1)N1CCc2sccc2[C@H]1c1cccs1. The van der Waals surface area contributed by atoms with E-state index in [4.69, 9.17) is 0 Å². The van der Waals surface area contributed by atoms with Crippen LogP contribution in [0.5, 0.6) is 0 Å². The van der Waals surface area contributed by atoms with E-state index in [-0.39, 0.29) is 11.9 Å². The topological polar surface area (TPSA) is 20.3 Å². The van der Waals surface area contributed by atoms with Crippen molar-refractivity contribution in [1.29, 1.82) is 0 Å². The predicted octanol–water partition coefficient (Wildman–Crippen LogP) is 5.06. The van der Waals surface area contributed by atoms with Gasteiger partial charge in [-0.2, -0.15) is 0 Å². The van der Waals surface area contributed by atoms with E-state index in [0.717, 1.165) is 17.8 Å². The van der Waals surface area contributed by atoms with Crippen LogP contribution in [0.2, 0.25) is 0 Å². The van der Waals surface area contributed by atoms with Crippen LogP contribution in [0.15, 0.2) is 52.5 Å². The van der Waals surface area contributed by atoms with Gasteiger partial charge in [-0.25, -0.2) is 0 Å². The summed E-state index contributed by atoms with van der Waals surface area (Å²) in [5.74, 6) is 0.0913. The molecule has 0 saturated heterocycles. The van der Waals surface area contributed by atoms with E-state index in [1.165, 1.54) is 15.3 Å². The van der Waals surface area contributed by atoms with E-state index in [0.29, 0.717) is 0 Å². The van der Waals surface area contributed by atoms with Crippen LogP contribution in [0.25, 0.3) is 6.08 Å². The Morgan fingerprint density at radius 2 is 1.96 bits per heavy atom. The Labute approximate surface area is 147 Å². The lowest BCUT2D eigenvalue weighted by atomic mass is 9.98. The van der Waals surface area contributed by atoms with Gasteiger partial charge in [0.15, 0.2) is 0 Å². The van der Waals surface area contributed by atoms with Crippen molar-refractivity contribution in [2.45, 2.75) is 12.5 Å². The molecule has 116 valence electrons. The summed E-state index contributed by atoms with van der Waals surface area (Å²) in [6.07, 6.45) is 4.58. The molecule has 3 aromatic rings. The first-order chi connectivity index (χ1) is 11.3. The first-order valence-electron chi connectivity index (χ1n) is 7.45. The van der Waals surface area contributed by atoms with E-state index in [2.05, 4.69) is 29.0 Å². The third kappa shape index (κ3) is 2.92. The molecule has 1 aliphatic rings. The predicted molar refractivity (Wildman–Crippen MR) is 99.3 cm³/mol. The summed E-state index contributed by atoms with van der Waals surface area (Å²) in [7, 11) is 0. The fourth-order valence-electron chi connectivity index (χ4n) is 2.94. The van der Waals surface area contributed by atoms with Crippen molar-refractivity contribution in [2.24, 2.45) is 0 Å². The lowest BCUT2D eigenvalue weighted by Gasteiger charge is -2.34. The maximum Gasteiger partial charge on any atom is 0.247 e. The normalized spacial score (nSPS) is 17.6. The molecule has 4 heterocycles. The third-order valence-electron chi connectivity index (χ3n) is 4.00. The van der Waals surface area contributed by atoms with Crippen LogP contribution in [0.1, 0.15) is 26.2 Å². The highest BCUT2D eigenvalue weighted by molar-refractivity contribution is 7.11. The van der Waals surface area contributed by atoms with Crippen molar-refractivity contribution in [3.8, 4) is 0 Å². The van der Waals surface area contributed by atoms with E-state index in [1.54, 1.807) is 40.1 Å². The Morgan fingerprint density at radius 1 is 1.09 bits per heavy atom. The molecule has 3 aromatic heterocycles. The van der Waals surface area contributed by atoms with Gasteiger partial charge in [0.1, 0.15) is 0 Å². The second kappa shape index (κ2) is 6.43. The van der Waals surface area contributed by atoms with Gasteiger partial charge in [0.25, 0.3) is 0 Å². The molecule has 0 aromatic carbocycles. The van der Waals surface area contributed by atoms with Gasteiger partial charge < -0.3 is 4.90 Å². The fourth-order valence-corrected chi connectivity index (χ4v) is 5.32. The Hall–Kier alpha value is -1.69. The molecule has 1 aliphatic heterocycles. The van der Waals surface area contributed by atoms with Crippen molar-refractivity contribution in [1.82, 2.24) is 4.90 Å². The minimum Gasteiger partial charge on any atom is -0.327 e. The molecule has 0 bridgehead atoms. The molecule has 0 aliphatic carbocycles. The second-order valence-corrected chi connectivity index (χ2v) is 8.31. The number of nitrogens with zero attached hydrogens (tertiary/aromatic N) is 1. The summed E-state index contributed by atoms with van der Waals surface area (Å²) in [5.41, 5.74) is 1.29. The van der Waals surface area contributed by atoms with Gasteiger partial charge in [0.2, 0.25) is 5.91 Å². The fraction of sp³-hybridized carbons (Fsp3) is 0.167. The van der Waals surface area contributed by atoms with Crippen LogP contribution in [0.3, 0.4) is 0 Å². The Bertz CT molecular complexity index is 814. The van der Waals surface area contributed by atoms with Gasteiger partial charge in [-0.05, 0) is 52.4 Å². The van der Waals surface area contributed by atoms with E-state index in [1.807, 2.05) is 28.5 Å². The van der Waals surface area contributed by atoms with Crippen LogP contribution in [0.4, 0.5) is 0 Å². The summed E-state index contributed by atoms with van der Waals surface area (Å²) in [6, 6.07) is 10.5. The molecule has 23 heavy (non-hydrogen) atoms. The lowest BCUT2D eigenvalue weighted by Crippen LogP contribution is -2.38. The summed E-state index contributed by atoms with van der Waals surface area (Å²) in [4.78, 5) is 18.5. The smallest absolute Gasteiger partial charge is 0.247 e. The molecule has 0 spiro atoms. The average molecular weight is 358 g/mol. The molecule has 4 rings (SSSR count). The maximum absolute atomic E-state index is 12.8. The Morgan fingerprint density at radius 3 is 2.74 bits per heavy atom. The highest BCUT2D eigenvalue weighted by atomic mass is 32.1. The van der Waals surface area contributed by atoms with E-state index < -0.39 is 0 Å². The van der Waals surface area contributed by atoms with E-state index >= 15 is 0 Å². The molecule has 0 saturated carbocycles. The minimum atomic E-state index is 0.0606. The van der Waals surface area contributed by atoms with Crippen LogP contribution in [-0.2, 0) is 11.2 Å². The summed E-state index contributed by atoms with van der Waals surface area (Å²) in [5, 5.41) is 6.25. The zero-order chi connectivity index (χ0) is 15.6. The molecular formula is C18H15NOS3. The van der Waals surface area contributed by atoms with Crippen LogP contribution in [-0.4, -0.2) is 17.4 Å². The molecular weight excluding hydrogens is 342 g/mol. The highest BCUT2D eigenvalue weighted by Crippen LogP contribution is 2.39. The van der Waals surface area contributed by atoms with Gasteiger partial charge >= 0.3 is 0 Å². The Kier molecular flexibility index (Phi) is 4.16. The Balaban J connectivity index is 1.65. The maximum atomic E-state index is 12.8. The number of amides is 1. The minimum absolute atomic E-state index is 0.0606. The summed E-state index contributed by atoms with van der Waals surface area (Å²) >= 11 is 5.17. The number of carbonyl (C=O) groups is 1. The zero-order valence-electron chi connectivity index (χ0n) is 12.3. The van der Waals surface area contributed by atoms with Gasteiger partial charge in [-0.1, -0.05) is 12.1 Å². The molecule has 1 amide bonds. The molecule has 0 radical (unpaired) electrons. The van der Waals surface area contributed by atoms with Gasteiger partial charge in [-0.3, -0.25) is 4.79 Å². The molecule has 1 atom stereocenters. The number of thiophene rings is 3. The van der Waals surface area contributed by atoms with Gasteiger partial charge in [0.05, 0.1) is 6.04 Å². The van der Waals surface area contributed by atoms with Crippen molar-refractivity contribution in [2.75, 3.05) is 6.54 Å². The summed E-state index contributed by atoms with van der Waals surface area (Å²) in [6.45, 7) is 0.781. The van der Waals surface area contributed by atoms with Gasteiger partial charge in [0, 0.05) is 27.3 Å². The highest BCUT2D eigenvalue weighted by Gasteiger charge is 2.32. The monoisotopic (exact) mass is 357 g/mol. The standard InChI is InChI=1S/C18H15NOS3/c20-17(6-5-13-3-1-10-21-13)19-9-7-15-14(8-12-23-15)18(19)16-4-2-11-22-16/h1-6,8,10-12,18H,7,9H2/b6-5+/t18-/m0/s1. The molecule has 2 nitrogen and oxygen atoms in total. The quantitative estimate of drug-likeness (QED) is 0.600. The number of carbonyl (C=O) groups excluding carboxylic acids is 1. The third-order valence-corrected chi connectivity index (χ3v) is 6.75. The van der Waals surface area contributed by atoms with Gasteiger partial charge in [-0.15, -0.1) is 34.0 Å². The van der Waals surface area contributed by atoms with E-state index in [9.17, 15) is 4.79 Å². The van der Waals surface area contributed by atoms with Crippen molar-refractivity contribution in [3.63, 3.8) is 0 Å². The first-order valence-corrected chi connectivity index (χ1v) is 10.1. The molecule has 5 heteroatoms. The first kappa shape index (κ1) is 14.9. The van der Waals surface area contributed by atoms with Crippen LogP contribution in [0, 0.1) is 0 Å². The largest absolute Gasteiger partial charge is 0.327 e. The van der Waals surface area contributed by atoms with Crippen LogP contribution >= 0.6 is 34.0 Å². The van der Waals surface area contributed by atoms with Crippen molar-refractivity contribution in [3.05, 3.63) is 72.7 Å². The summed E-state index contributed by atoms with van der Waals surface area (Å²) < 4.78 is 0. The lowest BCUT2D eigenvalue weighted by molar-refractivity contribution is -0.127. The number of hydrogen-bond acceptors (Lipinski definition) is 4. The number of rotatable bonds is 3. The molecule has 0 unspecified atom stereocenters. The number of hydrogen-bond donors (Lipinski definition) is 0. The number of fused-ring (bicyclic) bond motifs is 1. The molecule has 0 N–H and O–H groups in total. The second-order valence-electron chi connectivity index (χ2n) is 5.35. The zero-order valence-corrected chi connectivity index (χ0v) is 14.8. The van der Waals surface area contributed by atoms with Crippen molar-refractivity contribution < 1.29 is 4.79 Å². The molecule has 0 fully saturated rings.